The molecule has 5 heterocycles. The summed E-state index contributed by atoms with van der Waals surface area (Å²) in [5, 5.41) is 10.6. The minimum absolute atomic E-state index is 0.116. The smallest absolute Gasteiger partial charge is 0.404 e. The van der Waals surface area contributed by atoms with E-state index in [9.17, 15) is 23.2 Å². The van der Waals surface area contributed by atoms with Crippen molar-refractivity contribution in [1.82, 2.24) is 14.5 Å². The molecule has 2 aliphatic heterocycles. The van der Waals surface area contributed by atoms with Crippen LogP contribution in [0.4, 0.5) is 24.7 Å². The van der Waals surface area contributed by atoms with Crippen molar-refractivity contribution in [2.24, 2.45) is 13.0 Å². The molecule has 0 N–H and O–H groups in total. The number of aromatic nitrogens is 3. The molecule has 2 atom stereocenters. The molecule has 2 fully saturated rings. The Morgan fingerprint density at radius 1 is 1.26 bits per heavy atom. The van der Waals surface area contributed by atoms with Gasteiger partial charge in [0.25, 0.3) is 5.56 Å². The number of halogens is 3. The second-order valence-electron chi connectivity index (χ2n) is 8.53. The van der Waals surface area contributed by atoms with Crippen LogP contribution in [-0.4, -0.2) is 46.6 Å². The van der Waals surface area contributed by atoms with Crippen LogP contribution in [-0.2, 0) is 7.05 Å². The van der Waals surface area contributed by atoms with Gasteiger partial charge in [-0.05, 0) is 37.8 Å². The monoisotopic (exact) mass is 490 g/mol. The van der Waals surface area contributed by atoms with Crippen molar-refractivity contribution in [2.45, 2.75) is 32.2 Å². The van der Waals surface area contributed by atoms with Crippen LogP contribution in [0.1, 0.15) is 23.4 Å². The van der Waals surface area contributed by atoms with E-state index in [2.05, 4.69) is 30.6 Å². The van der Waals surface area contributed by atoms with Gasteiger partial charge >= 0.3 is 6.36 Å². The summed E-state index contributed by atoms with van der Waals surface area (Å²) < 4.78 is 42.6. The molecular formula is C22H21F3N6O2S. The molecule has 0 unspecified atom stereocenters. The van der Waals surface area contributed by atoms with Gasteiger partial charge in [0.15, 0.2) is 0 Å². The van der Waals surface area contributed by atoms with Crippen LogP contribution in [0.5, 0.6) is 5.75 Å². The Balaban J connectivity index is 1.41. The molecule has 0 radical (unpaired) electrons. The Morgan fingerprint density at radius 3 is 2.74 bits per heavy atom. The number of ether oxygens (including phenoxy) is 1. The molecule has 0 bridgehead atoms. The first-order valence-electron chi connectivity index (χ1n) is 10.8. The summed E-state index contributed by atoms with van der Waals surface area (Å²) in [5.41, 5.74) is 1.11. The van der Waals surface area contributed by atoms with Gasteiger partial charge in [-0.25, -0.2) is 9.97 Å². The van der Waals surface area contributed by atoms with Crippen LogP contribution in [0.15, 0.2) is 23.1 Å². The van der Waals surface area contributed by atoms with Crippen molar-refractivity contribution in [2.75, 3.05) is 29.4 Å². The molecular weight excluding hydrogens is 469 g/mol. The van der Waals surface area contributed by atoms with Gasteiger partial charge < -0.3 is 19.1 Å². The van der Waals surface area contributed by atoms with Crippen molar-refractivity contribution in [3.8, 4) is 11.8 Å². The first-order chi connectivity index (χ1) is 16.2. The molecule has 0 amide bonds. The van der Waals surface area contributed by atoms with Gasteiger partial charge in [-0.1, -0.05) is 0 Å². The van der Waals surface area contributed by atoms with E-state index in [-0.39, 0.29) is 28.8 Å². The number of aryl methyl sites for hydroxylation is 2. The van der Waals surface area contributed by atoms with Crippen LogP contribution in [0.3, 0.4) is 0 Å². The zero-order chi connectivity index (χ0) is 24.2. The molecule has 5 rings (SSSR count). The maximum Gasteiger partial charge on any atom is 0.573 e. The maximum absolute atomic E-state index is 12.9. The van der Waals surface area contributed by atoms with Crippen molar-refractivity contribution >= 4 is 33.2 Å². The molecule has 12 heteroatoms. The molecule has 2 aliphatic rings. The number of piperidine rings is 1. The first kappa shape index (κ1) is 22.5. The lowest BCUT2D eigenvalue weighted by molar-refractivity contribution is -0.274. The average Bonchev–Trinajstić information content (AvgIpc) is 3.38. The van der Waals surface area contributed by atoms with Gasteiger partial charge in [0.1, 0.15) is 33.5 Å². The summed E-state index contributed by atoms with van der Waals surface area (Å²) in [6.07, 6.45) is -2.05. The predicted octanol–water partition coefficient (Wildman–Crippen LogP) is 3.57. The van der Waals surface area contributed by atoms with E-state index in [1.807, 2.05) is 6.92 Å². The Hall–Kier alpha value is -3.33. The predicted molar refractivity (Wildman–Crippen MR) is 121 cm³/mol. The number of nitriles is 1. The second-order valence-corrected chi connectivity index (χ2v) is 9.71. The van der Waals surface area contributed by atoms with Gasteiger partial charge in [-0.2, -0.15) is 5.26 Å². The van der Waals surface area contributed by atoms with Crippen LogP contribution < -0.4 is 20.1 Å². The number of hydrogen-bond donors (Lipinski definition) is 0. The van der Waals surface area contributed by atoms with E-state index >= 15 is 0 Å². The highest BCUT2D eigenvalue weighted by molar-refractivity contribution is 7.18. The van der Waals surface area contributed by atoms with Crippen LogP contribution in [0.25, 0.3) is 10.3 Å². The molecule has 178 valence electrons. The summed E-state index contributed by atoms with van der Waals surface area (Å²) >= 11 is 1.44. The second kappa shape index (κ2) is 8.16. The number of nitrogens with zero attached hydrogens (tertiary/aromatic N) is 6. The van der Waals surface area contributed by atoms with Crippen molar-refractivity contribution < 1.29 is 17.9 Å². The van der Waals surface area contributed by atoms with Gasteiger partial charge in [0.2, 0.25) is 0 Å². The van der Waals surface area contributed by atoms with E-state index < -0.39 is 6.36 Å². The SMILES string of the molecule is Cc1nc2c(N3CC[C@@H]4CN(c5ccc(OC(F)(F)F)cn5)CC[C@@H]43)c(C#N)c(=O)n(C)c2s1. The van der Waals surface area contributed by atoms with E-state index in [0.29, 0.717) is 36.7 Å². The van der Waals surface area contributed by atoms with Gasteiger partial charge in [-0.15, -0.1) is 24.5 Å². The highest BCUT2D eigenvalue weighted by atomic mass is 32.1. The Morgan fingerprint density at radius 2 is 2.06 bits per heavy atom. The van der Waals surface area contributed by atoms with Crippen LogP contribution in [0, 0.1) is 24.2 Å². The van der Waals surface area contributed by atoms with Crippen LogP contribution >= 0.6 is 11.3 Å². The Bertz CT molecular complexity index is 1340. The summed E-state index contributed by atoms with van der Waals surface area (Å²) in [7, 11) is 1.66. The van der Waals surface area contributed by atoms with Crippen molar-refractivity contribution in [3.05, 3.63) is 39.3 Å². The molecule has 0 aromatic carbocycles. The quantitative estimate of drug-likeness (QED) is 0.555. The van der Waals surface area contributed by atoms with E-state index in [0.717, 1.165) is 28.9 Å². The highest BCUT2D eigenvalue weighted by Crippen LogP contribution is 2.40. The maximum atomic E-state index is 12.9. The molecule has 0 spiro atoms. The number of alkyl halides is 3. The first-order valence-corrected chi connectivity index (χ1v) is 11.6. The van der Waals surface area contributed by atoms with E-state index in [4.69, 9.17) is 0 Å². The number of hydrogen-bond acceptors (Lipinski definition) is 8. The van der Waals surface area contributed by atoms with Crippen molar-refractivity contribution in [1.29, 1.82) is 5.26 Å². The molecule has 8 nitrogen and oxygen atoms in total. The lowest BCUT2D eigenvalue weighted by Gasteiger charge is -2.39. The fourth-order valence-electron chi connectivity index (χ4n) is 5.08. The number of fused-ring (bicyclic) bond motifs is 2. The number of anilines is 2. The third-order valence-corrected chi connectivity index (χ3v) is 7.56. The average molecular weight is 491 g/mol. The summed E-state index contributed by atoms with van der Waals surface area (Å²) in [4.78, 5) is 26.7. The minimum Gasteiger partial charge on any atom is -0.404 e. The molecule has 0 saturated carbocycles. The normalized spacial score (nSPS) is 20.5. The number of pyridine rings is 2. The summed E-state index contributed by atoms with van der Waals surface area (Å²) in [6.45, 7) is 3.91. The largest absolute Gasteiger partial charge is 0.573 e. The van der Waals surface area contributed by atoms with E-state index in [1.165, 1.54) is 28.0 Å². The van der Waals surface area contributed by atoms with E-state index in [1.54, 1.807) is 7.05 Å². The zero-order valence-corrected chi connectivity index (χ0v) is 19.3. The standard InChI is InChI=1S/C22H21F3N6O2S/c1-12-28-18-19(15(9-26)20(32)29(2)21(18)34-12)31-8-5-13-11-30(7-6-16(13)31)17-4-3-14(10-27-17)33-22(23,24)25/h3-4,10,13,16H,5-8,11H2,1-2H3/t13-,16+/m1/s1. The Labute approximate surface area is 196 Å². The van der Waals surface area contributed by atoms with Gasteiger partial charge in [-0.3, -0.25) is 4.79 Å². The Kier molecular flexibility index (Phi) is 5.39. The third kappa shape index (κ3) is 3.83. The molecule has 2 saturated heterocycles. The summed E-state index contributed by atoms with van der Waals surface area (Å²) in [6, 6.07) is 5.04. The molecule has 3 aromatic heterocycles. The lowest BCUT2D eigenvalue weighted by Crippen LogP contribution is -2.47. The van der Waals surface area contributed by atoms with Gasteiger partial charge in [0.05, 0.1) is 16.9 Å². The number of rotatable bonds is 3. The third-order valence-electron chi connectivity index (χ3n) is 6.51. The highest BCUT2D eigenvalue weighted by Gasteiger charge is 2.41. The fourth-order valence-corrected chi connectivity index (χ4v) is 5.96. The molecule has 0 aliphatic carbocycles. The van der Waals surface area contributed by atoms with Crippen molar-refractivity contribution in [3.63, 3.8) is 0 Å². The zero-order valence-electron chi connectivity index (χ0n) is 18.5. The molecule has 3 aromatic rings. The van der Waals surface area contributed by atoms with Gasteiger partial charge in [0, 0.05) is 32.7 Å². The summed E-state index contributed by atoms with van der Waals surface area (Å²) in [5.74, 6) is 0.498. The number of thiazole rings is 1. The minimum atomic E-state index is -4.75. The topological polar surface area (TPSA) is 87.3 Å². The molecule has 34 heavy (non-hydrogen) atoms. The van der Waals surface area contributed by atoms with Crippen LogP contribution in [0.2, 0.25) is 0 Å². The lowest BCUT2D eigenvalue weighted by atomic mass is 9.92. The fraction of sp³-hybridized carbons (Fsp3) is 0.455.